The number of hydrogen-bond donors (Lipinski definition) is 0. The van der Waals surface area contributed by atoms with Crippen LogP contribution in [0.15, 0.2) is 42.5 Å². The normalized spacial score (nSPS) is 9.95. The molecule has 1 aromatic carbocycles. The van der Waals surface area contributed by atoms with Crippen molar-refractivity contribution in [3.05, 3.63) is 59.3 Å². The van der Waals surface area contributed by atoms with Gasteiger partial charge in [-0.05, 0) is 31.0 Å². The van der Waals surface area contributed by atoms with Gasteiger partial charge in [0.05, 0.1) is 11.6 Å². The Labute approximate surface area is 114 Å². The van der Waals surface area contributed by atoms with Crippen LogP contribution in [-0.4, -0.2) is 18.6 Å². The van der Waals surface area contributed by atoms with Crippen molar-refractivity contribution in [2.75, 3.05) is 18.5 Å². The molecular formula is C16H17N3. The van der Waals surface area contributed by atoms with E-state index in [1.165, 1.54) is 5.56 Å². The minimum absolute atomic E-state index is 0.661. The van der Waals surface area contributed by atoms with Gasteiger partial charge in [-0.2, -0.15) is 5.26 Å². The predicted molar refractivity (Wildman–Crippen MR) is 77.1 cm³/mol. The van der Waals surface area contributed by atoms with E-state index >= 15 is 0 Å². The number of nitriles is 1. The van der Waals surface area contributed by atoms with E-state index in [1.54, 1.807) is 6.07 Å². The van der Waals surface area contributed by atoms with Crippen LogP contribution in [-0.2, 0) is 6.42 Å². The second kappa shape index (κ2) is 6.01. The smallest absolute Gasteiger partial charge is 0.129 e. The Balaban J connectivity index is 2.06. The molecule has 0 aliphatic carbocycles. The fraction of sp³-hybridized carbons (Fsp3) is 0.250. The molecule has 2 aromatic rings. The van der Waals surface area contributed by atoms with Crippen molar-refractivity contribution in [3.63, 3.8) is 0 Å². The Morgan fingerprint density at radius 3 is 2.63 bits per heavy atom. The first kappa shape index (κ1) is 13.1. The van der Waals surface area contributed by atoms with E-state index < -0.39 is 0 Å². The highest BCUT2D eigenvalue weighted by Crippen LogP contribution is 2.13. The summed E-state index contributed by atoms with van der Waals surface area (Å²) < 4.78 is 0. The summed E-state index contributed by atoms with van der Waals surface area (Å²) in [6, 6.07) is 16.2. The lowest BCUT2D eigenvalue weighted by Gasteiger charge is -2.18. The van der Waals surface area contributed by atoms with Crippen molar-refractivity contribution in [3.8, 4) is 6.07 Å². The van der Waals surface area contributed by atoms with Crippen LogP contribution in [0, 0.1) is 18.3 Å². The van der Waals surface area contributed by atoms with Gasteiger partial charge >= 0.3 is 0 Å². The van der Waals surface area contributed by atoms with Crippen molar-refractivity contribution in [2.45, 2.75) is 13.3 Å². The lowest BCUT2D eigenvalue weighted by atomic mass is 10.1. The number of aromatic nitrogens is 1. The maximum Gasteiger partial charge on any atom is 0.129 e. The summed E-state index contributed by atoms with van der Waals surface area (Å²) in [6.07, 6.45) is 0.967. The number of rotatable bonds is 4. The minimum atomic E-state index is 0.661. The Morgan fingerprint density at radius 1 is 1.21 bits per heavy atom. The standard InChI is InChI=1S/C16H17N3/c1-13-10-15(12-17)11-16(18-13)19(2)9-8-14-6-4-3-5-7-14/h3-7,10-11H,8-9H2,1-2H3. The molecule has 0 saturated carbocycles. The van der Waals surface area contributed by atoms with Crippen molar-refractivity contribution >= 4 is 5.82 Å². The van der Waals surface area contributed by atoms with E-state index in [-0.39, 0.29) is 0 Å². The Kier molecular flexibility index (Phi) is 4.15. The maximum atomic E-state index is 8.98. The number of nitrogens with zero attached hydrogens (tertiary/aromatic N) is 3. The fourth-order valence-corrected chi connectivity index (χ4v) is 1.97. The molecule has 0 aliphatic heterocycles. The van der Waals surface area contributed by atoms with Crippen molar-refractivity contribution in [1.29, 1.82) is 5.26 Å². The maximum absolute atomic E-state index is 8.98. The van der Waals surface area contributed by atoms with Crippen LogP contribution in [0.2, 0.25) is 0 Å². The second-order valence-corrected chi connectivity index (χ2v) is 4.62. The molecule has 1 aromatic heterocycles. The van der Waals surface area contributed by atoms with Gasteiger partial charge in [0, 0.05) is 19.3 Å². The zero-order valence-electron chi connectivity index (χ0n) is 11.3. The zero-order valence-corrected chi connectivity index (χ0v) is 11.3. The topological polar surface area (TPSA) is 39.9 Å². The lowest BCUT2D eigenvalue weighted by Crippen LogP contribution is -2.21. The van der Waals surface area contributed by atoms with Crippen LogP contribution < -0.4 is 4.90 Å². The summed E-state index contributed by atoms with van der Waals surface area (Å²) in [5, 5.41) is 8.98. The van der Waals surface area contributed by atoms with Crippen molar-refractivity contribution < 1.29 is 0 Å². The average Bonchev–Trinajstić information content (AvgIpc) is 2.45. The van der Waals surface area contributed by atoms with Gasteiger partial charge in [-0.15, -0.1) is 0 Å². The highest BCUT2D eigenvalue weighted by atomic mass is 15.2. The molecule has 0 fully saturated rings. The molecule has 0 unspecified atom stereocenters. The monoisotopic (exact) mass is 251 g/mol. The van der Waals surface area contributed by atoms with Gasteiger partial charge in [0.2, 0.25) is 0 Å². The first-order valence-electron chi connectivity index (χ1n) is 6.33. The van der Waals surface area contributed by atoms with Gasteiger partial charge < -0.3 is 4.90 Å². The highest BCUT2D eigenvalue weighted by molar-refractivity contribution is 5.46. The molecule has 0 amide bonds. The van der Waals surface area contributed by atoms with Gasteiger partial charge in [-0.25, -0.2) is 4.98 Å². The van der Waals surface area contributed by atoms with Crippen molar-refractivity contribution in [2.24, 2.45) is 0 Å². The molecule has 0 N–H and O–H groups in total. The number of aryl methyl sites for hydroxylation is 1. The highest BCUT2D eigenvalue weighted by Gasteiger charge is 2.05. The van der Waals surface area contributed by atoms with Gasteiger partial charge in [0.25, 0.3) is 0 Å². The molecule has 0 saturated heterocycles. The summed E-state index contributed by atoms with van der Waals surface area (Å²) in [7, 11) is 2.01. The van der Waals surface area contributed by atoms with E-state index in [9.17, 15) is 0 Å². The third kappa shape index (κ3) is 3.56. The van der Waals surface area contributed by atoms with Gasteiger partial charge in [-0.1, -0.05) is 30.3 Å². The summed E-state index contributed by atoms with van der Waals surface area (Å²) >= 11 is 0. The summed E-state index contributed by atoms with van der Waals surface area (Å²) in [5.41, 5.74) is 2.84. The summed E-state index contributed by atoms with van der Waals surface area (Å²) in [5.74, 6) is 0.854. The molecule has 0 bridgehead atoms. The lowest BCUT2D eigenvalue weighted by molar-refractivity contribution is 0.856. The van der Waals surface area contributed by atoms with E-state index in [2.05, 4.69) is 28.1 Å². The summed E-state index contributed by atoms with van der Waals surface area (Å²) in [4.78, 5) is 6.55. The molecule has 96 valence electrons. The number of hydrogen-bond acceptors (Lipinski definition) is 3. The third-order valence-corrected chi connectivity index (χ3v) is 3.04. The van der Waals surface area contributed by atoms with Crippen LogP contribution in [0.5, 0.6) is 0 Å². The average molecular weight is 251 g/mol. The first-order chi connectivity index (χ1) is 9.19. The summed E-state index contributed by atoms with van der Waals surface area (Å²) in [6.45, 7) is 2.79. The molecular weight excluding hydrogens is 234 g/mol. The number of benzene rings is 1. The van der Waals surface area contributed by atoms with E-state index in [0.29, 0.717) is 5.56 Å². The molecule has 1 heterocycles. The van der Waals surface area contributed by atoms with Crippen LogP contribution in [0.1, 0.15) is 16.8 Å². The largest absolute Gasteiger partial charge is 0.359 e. The van der Waals surface area contributed by atoms with Crippen LogP contribution in [0.25, 0.3) is 0 Å². The van der Waals surface area contributed by atoms with E-state index in [0.717, 1.165) is 24.5 Å². The number of anilines is 1. The number of likely N-dealkylation sites (N-methyl/N-ethyl adjacent to an activating group) is 1. The molecule has 0 atom stereocenters. The molecule has 0 radical (unpaired) electrons. The predicted octanol–water partition coefficient (Wildman–Crippen LogP) is 2.94. The number of pyridine rings is 1. The fourth-order valence-electron chi connectivity index (χ4n) is 1.97. The second-order valence-electron chi connectivity index (χ2n) is 4.62. The SMILES string of the molecule is Cc1cc(C#N)cc(N(C)CCc2ccccc2)n1. The molecule has 2 rings (SSSR count). The van der Waals surface area contributed by atoms with Crippen LogP contribution in [0.3, 0.4) is 0 Å². The zero-order chi connectivity index (χ0) is 13.7. The Hall–Kier alpha value is -2.34. The van der Waals surface area contributed by atoms with Gasteiger partial charge in [0.1, 0.15) is 5.82 Å². The van der Waals surface area contributed by atoms with E-state index in [1.807, 2.05) is 38.2 Å². The van der Waals surface area contributed by atoms with E-state index in [4.69, 9.17) is 5.26 Å². The van der Waals surface area contributed by atoms with Gasteiger partial charge in [-0.3, -0.25) is 0 Å². The first-order valence-corrected chi connectivity index (χ1v) is 6.33. The third-order valence-electron chi connectivity index (χ3n) is 3.04. The molecule has 0 spiro atoms. The molecule has 3 heteroatoms. The molecule has 3 nitrogen and oxygen atoms in total. The minimum Gasteiger partial charge on any atom is -0.359 e. The van der Waals surface area contributed by atoms with Crippen LogP contribution in [0.4, 0.5) is 5.82 Å². The van der Waals surface area contributed by atoms with Gasteiger partial charge in [0.15, 0.2) is 0 Å². The Morgan fingerprint density at radius 2 is 1.95 bits per heavy atom. The molecule has 0 aliphatic rings. The van der Waals surface area contributed by atoms with Crippen molar-refractivity contribution in [1.82, 2.24) is 4.98 Å². The Bertz CT molecular complexity index is 585. The quantitative estimate of drug-likeness (QED) is 0.838. The molecule has 19 heavy (non-hydrogen) atoms. The van der Waals surface area contributed by atoms with Crippen LogP contribution >= 0.6 is 0 Å².